The summed E-state index contributed by atoms with van der Waals surface area (Å²) in [6.45, 7) is 8.97. The zero-order valence-corrected chi connectivity index (χ0v) is 17.1. The van der Waals surface area contributed by atoms with E-state index in [9.17, 15) is 0 Å². The van der Waals surface area contributed by atoms with Crippen LogP contribution in [0.1, 0.15) is 27.7 Å². The molecule has 4 rings (SSSR count). The van der Waals surface area contributed by atoms with Crippen LogP contribution in [0, 0.1) is 6.07 Å². The Morgan fingerprint density at radius 1 is 1.00 bits per heavy atom. The Bertz CT molecular complexity index is 979. The predicted molar refractivity (Wildman–Crippen MR) is 112 cm³/mol. The molecule has 6 nitrogen and oxygen atoms in total. The first-order chi connectivity index (χ1) is 13.8. The number of ether oxygens (including phenoxy) is 2. The summed E-state index contributed by atoms with van der Waals surface area (Å²) in [5, 5.41) is 0.968. The summed E-state index contributed by atoms with van der Waals surface area (Å²) in [5.74, 6) is 1.21. The van der Waals surface area contributed by atoms with Gasteiger partial charge >= 0.3 is 7.12 Å². The fraction of sp³-hybridized carbons (Fsp3) is 0.364. The highest BCUT2D eigenvalue weighted by molar-refractivity contribution is 6.62. The van der Waals surface area contributed by atoms with E-state index < -0.39 is 7.12 Å². The topological polar surface area (TPSA) is 62.7 Å². The van der Waals surface area contributed by atoms with Crippen molar-refractivity contribution < 1.29 is 18.8 Å². The quantitative estimate of drug-likeness (QED) is 0.475. The van der Waals surface area contributed by atoms with Gasteiger partial charge in [-0.2, -0.15) is 0 Å². The van der Waals surface area contributed by atoms with Gasteiger partial charge in [-0.05, 0) is 57.4 Å². The standard InChI is InChI=1S/C22H24BN2O4/c1-21(2)22(3,4)29-23(28-21)17-8-9-19-16(13-17)14-18(15-25-19)26-11-12-27-20-7-5-6-10-24-20/h6-10,13-15H,11-12H2,1-4H3. The molecule has 1 aromatic carbocycles. The van der Waals surface area contributed by atoms with Gasteiger partial charge in [-0.3, -0.25) is 4.98 Å². The summed E-state index contributed by atoms with van der Waals surface area (Å²) in [6.07, 6.45) is 3.35. The van der Waals surface area contributed by atoms with E-state index in [0.717, 1.165) is 16.4 Å². The summed E-state index contributed by atoms with van der Waals surface area (Å²) < 4.78 is 23.6. The first kappa shape index (κ1) is 19.7. The molecule has 1 fully saturated rings. The third kappa shape index (κ3) is 4.21. The number of nitrogens with zero attached hydrogens (tertiary/aromatic N) is 2. The monoisotopic (exact) mass is 391 g/mol. The summed E-state index contributed by atoms with van der Waals surface area (Å²) in [7, 11) is -0.405. The van der Waals surface area contributed by atoms with Crippen molar-refractivity contribution in [2.75, 3.05) is 13.2 Å². The van der Waals surface area contributed by atoms with Crippen molar-refractivity contribution in [1.29, 1.82) is 0 Å². The zero-order valence-electron chi connectivity index (χ0n) is 17.1. The van der Waals surface area contributed by atoms with Gasteiger partial charge in [-0.1, -0.05) is 12.1 Å². The van der Waals surface area contributed by atoms with Gasteiger partial charge in [-0.25, -0.2) is 4.98 Å². The average Bonchev–Trinajstić information content (AvgIpc) is 2.93. The smallest absolute Gasteiger partial charge is 0.488 e. The van der Waals surface area contributed by atoms with Crippen LogP contribution in [0.3, 0.4) is 0 Å². The lowest BCUT2D eigenvalue weighted by atomic mass is 9.78. The molecule has 0 spiro atoms. The maximum atomic E-state index is 6.15. The number of benzene rings is 1. The van der Waals surface area contributed by atoms with Gasteiger partial charge in [0.15, 0.2) is 0 Å². The van der Waals surface area contributed by atoms with E-state index in [1.807, 2.05) is 52.0 Å². The van der Waals surface area contributed by atoms with E-state index >= 15 is 0 Å². The van der Waals surface area contributed by atoms with Crippen LogP contribution in [-0.4, -0.2) is 41.5 Å². The molecule has 1 radical (unpaired) electrons. The third-order valence-electron chi connectivity index (χ3n) is 5.39. The average molecular weight is 391 g/mol. The molecule has 2 aromatic heterocycles. The van der Waals surface area contributed by atoms with Gasteiger partial charge in [-0.15, -0.1) is 0 Å². The van der Waals surface area contributed by atoms with Crippen molar-refractivity contribution in [2.45, 2.75) is 38.9 Å². The Balaban J connectivity index is 1.43. The van der Waals surface area contributed by atoms with Crippen molar-refractivity contribution in [1.82, 2.24) is 9.97 Å². The molecular formula is C22H24BN2O4. The Morgan fingerprint density at radius 3 is 2.48 bits per heavy atom. The second-order valence-corrected chi connectivity index (χ2v) is 8.00. The largest absolute Gasteiger partial charge is 0.494 e. The molecule has 0 N–H and O–H groups in total. The van der Waals surface area contributed by atoms with Crippen molar-refractivity contribution in [2.24, 2.45) is 0 Å². The third-order valence-corrected chi connectivity index (χ3v) is 5.39. The van der Waals surface area contributed by atoms with E-state index in [2.05, 4.69) is 16.0 Å². The lowest BCUT2D eigenvalue weighted by Gasteiger charge is -2.32. The molecule has 1 aliphatic heterocycles. The van der Waals surface area contributed by atoms with Gasteiger partial charge in [0, 0.05) is 17.6 Å². The Morgan fingerprint density at radius 2 is 1.76 bits per heavy atom. The maximum Gasteiger partial charge on any atom is 0.494 e. The first-order valence-corrected chi connectivity index (χ1v) is 9.67. The summed E-state index contributed by atoms with van der Waals surface area (Å²) in [5.41, 5.74) is 1.10. The summed E-state index contributed by atoms with van der Waals surface area (Å²) in [4.78, 5) is 8.57. The number of fused-ring (bicyclic) bond motifs is 1. The number of hydrogen-bond donors (Lipinski definition) is 0. The van der Waals surface area contributed by atoms with Gasteiger partial charge in [0.2, 0.25) is 5.88 Å². The van der Waals surface area contributed by atoms with Crippen LogP contribution in [0.2, 0.25) is 0 Å². The minimum absolute atomic E-state index is 0.374. The molecule has 149 valence electrons. The van der Waals surface area contributed by atoms with E-state index in [-0.39, 0.29) is 11.2 Å². The Labute approximate surface area is 171 Å². The SMILES string of the molecule is CC1(C)OB(c2ccc3ncc(OCCOc4c[c]ccn4)cc3c2)OC1(C)C. The van der Waals surface area contributed by atoms with Crippen LogP contribution in [0.4, 0.5) is 0 Å². The normalized spacial score (nSPS) is 17.4. The molecule has 0 unspecified atom stereocenters. The summed E-state index contributed by atoms with van der Waals surface area (Å²) in [6, 6.07) is 14.3. The van der Waals surface area contributed by atoms with Crippen molar-refractivity contribution in [3.63, 3.8) is 0 Å². The molecular weight excluding hydrogens is 367 g/mol. The molecule has 29 heavy (non-hydrogen) atoms. The van der Waals surface area contributed by atoms with Crippen LogP contribution in [0.25, 0.3) is 10.9 Å². The molecule has 0 atom stereocenters. The van der Waals surface area contributed by atoms with Gasteiger partial charge < -0.3 is 18.8 Å². The van der Waals surface area contributed by atoms with Crippen molar-refractivity contribution in [3.8, 4) is 11.6 Å². The highest BCUT2D eigenvalue weighted by Gasteiger charge is 2.51. The molecule has 0 saturated carbocycles. The molecule has 0 amide bonds. The minimum Gasteiger partial charge on any atom is -0.488 e. The van der Waals surface area contributed by atoms with Crippen molar-refractivity contribution in [3.05, 3.63) is 54.9 Å². The molecule has 7 heteroatoms. The maximum absolute atomic E-state index is 6.15. The Kier molecular flexibility index (Phi) is 5.19. The second-order valence-electron chi connectivity index (χ2n) is 8.00. The second kappa shape index (κ2) is 7.65. The molecule has 1 saturated heterocycles. The molecule has 1 aliphatic rings. The fourth-order valence-electron chi connectivity index (χ4n) is 3.03. The number of hydrogen-bond acceptors (Lipinski definition) is 6. The van der Waals surface area contributed by atoms with E-state index in [1.165, 1.54) is 0 Å². The van der Waals surface area contributed by atoms with Crippen LogP contribution in [0.15, 0.2) is 48.8 Å². The molecule has 0 aliphatic carbocycles. The molecule has 0 bridgehead atoms. The highest BCUT2D eigenvalue weighted by Crippen LogP contribution is 2.36. The number of pyridine rings is 2. The van der Waals surface area contributed by atoms with E-state index in [0.29, 0.717) is 24.8 Å². The first-order valence-electron chi connectivity index (χ1n) is 9.67. The zero-order chi connectivity index (χ0) is 20.5. The van der Waals surface area contributed by atoms with Gasteiger partial charge in [0.05, 0.1) is 22.9 Å². The van der Waals surface area contributed by atoms with Gasteiger partial charge in [0.1, 0.15) is 19.0 Å². The summed E-state index contributed by atoms with van der Waals surface area (Å²) >= 11 is 0. The van der Waals surface area contributed by atoms with E-state index in [4.69, 9.17) is 18.8 Å². The van der Waals surface area contributed by atoms with Crippen LogP contribution >= 0.6 is 0 Å². The van der Waals surface area contributed by atoms with Gasteiger partial charge in [0.25, 0.3) is 0 Å². The lowest BCUT2D eigenvalue weighted by Crippen LogP contribution is -2.41. The minimum atomic E-state index is -0.405. The van der Waals surface area contributed by atoms with E-state index in [1.54, 1.807) is 24.5 Å². The number of rotatable bonds is 6. The van der Waals surface area contributed by atoms with Crippen LogP contribution < -0.4 is 14.9 Å². The molecule has 3 aromatic rings. The fourth-order valence-corrected chi connectivity index (χ4v) is 3.03. The predicted octanol–water partition coefficient (Wildman–Crippen LogP) is 3.19. The Hall–Kier alpha value is -2.64. The highest BCUT2D eigenvalue weighted by atomic mass is 16.7. The molecule has 3 heterocycles. The lowest BCUT2D eigenvalue weighted by molar-refractivity contribution is 0.00578. The van der Waals surface area contributed by atoms with Crippen molar-refractivity contribution >= 4 is 23.5 Å². The number of aromatic nitrogens is 2. The van der Waals surface area contributed by atoms with Crippen LogP contribution in [-0.2, 0) is 9.31 Å². The van der Waals surface area contributed by atoms with Crippen LogP contribution in [0.5, 0.6) is 11.6 Å².